The molecule has 0 spiro atoms. The van der Waals surface area contributed by atoms with Gasteiger partial charge >= 0.3 is 0 Å². The topological polar surface area (TPSA) is 59.8 Å². The molecular weight excluding hydrogens is 380 g/mol. The lowest BCUT2D eigenvalue weighted by Gasteiger charge is -2.15. The van der Waals surface area contributed by atoms with Crippen molar-refractivity contribution in [2.75, 3.05) is 5.32 Å². The maximum Gasteiger partial charge on any atom is 0.248 e. The third kappa shape index (κ3) is 3.46. The maximum absolute atomic E-state index is 12.6. The Balaban J connectivity index is 1.62. The minimum absolute atomic E-state index is 0.139. The summed E-state index contributed by atoms with van der Waals surface area (Å²) in [7, 11) is 0. The molecule has 0 saturated heterocycles. The van der Waals surface area contributed by atoms with Crippen LogP contribution in [0.2, 0.25) is 5.02 Å². The average molecular weight is 397 g/mol. The van der Waals surface area contributed by atoms with Crippen LogP contribution in [0.25, 0.3) is 20.8 Å². The van der Waals surface area contributed by atoms with Gasteiger partial charge in [-0.25, -0.2) is 4.98 Å². The van der Waals surface area contributed by atoms with Gasteiger partial charge in [-0.2, -0.15) is 5.10 Å². The zero-order chi connectivity index (χ0) is 19.0. The van der Waals surface area contributed by atoms with E-state index in [0.29, 0.717) is 10.7 Å². The highest BCUT2D eigenvalue weighted by molar-refractivity contribution is 7.21. The number of para-hydroxylation sites is 1. The zero-order valence-electron chi connectivity index (χ0n) is 14.8. The molecule has 2 aromatic carbocycles. The van der Waals surface area contributed by atoms with Crippen molar-refractivity contribution in [1.82, 2.24) is 14.8 Å². The van der Waals surface area contributed by atoms with E-state index in [1.54, 1.807) is 34.3 Å². The molecule has 7 heteroatoms. The van der Waals surface area contributed by atoms with Gasteiger partial charge in [0.2, 0.25) is 5.91 Å². The first-order chi connectivity index (χ1) is 13.0. The van der Waals surface area contributed by atoms with E-state index in [2.05, 4.69) is 15.4 Å². The number of nitrogens with zero attached hydrogens (tertiary/aromatic N) is 3. The van der Waals surface area contributed by atoms with Crippen LogP contribution in [-0.2, 0) is 4.79 Å². The molecule has 1 amide bonds. The van der Waals surface area contributed by atoms with E-state index in [-0.39, 0.29) is 5.91 Å². The predicted molar refractivity (Wildman–Crippen MR) is 110 cm³/mol. The molecule has 5 nitrogen and oxygen atoms in total. The van der Waals surface area contributed by atoms with Gasteiger partial charge in [0.25, 0.3) is 0 Å². The van der Waals surface area contributed by atoms with Crippen LogP contribution in [0, 0.1) is 6.92 Å². The molecule has 1 N–H and O–H groups in total. The molecule has 136 valence electrons. The molecule has 0 fully saturated rings. The minimum atomic E-state index is -0.415. The molecule has 0 aliphatic rings. The Bertz CT molecular complexity index is 1100. The minimum Gasteiger partial charge on any atom is -0.324 e. The Morgan fingerprint density at radius 1 is 1.22 bits per heavy atom. The fourth-order valence-corrected chi connectivity index (χ4v) is 4.16. The molecule has 2 heterocycles. The summed E-state index contributed by atoms with van der Waals surface area (Å²) in [6.45, 7) is 3.74. The molecule has 0 unspecified atom stereocenters. The van der Waals surface area contributed by atoms with Crippen LogP contribution in [0.3, 0.4) is 0 Å². The normalized spacial score (nSPS) is 12.3. The Morgan fingerprint density at radius 3 is 2.78 bits per heavy atom. The van der Waals surface area contributed by atoms with Crippen LogP contribution in [0.4, 0.5) is 5.69 Å². The molecular formula is C20H17ClN4OS. The second-order valence-corrected chi connectivity index (χ2v) is 7.70. The molecule has 4 aromatic rings. The summed E-state index contributed by atoms with van der Waals surface area (Å²) in [6, 6.07) is 14.8. The van der Waals surface area contributed by atoms with Crippen molar-refractivity contribution in [3.63, 3.8) is 0 Å². The number of benzene rings is 2. The van der Waals surface area contributed by atoms with Gasteiger partial charge in [0.05, 0.1) is 15.2 Å². The van der Waals surface area contributed by atoms with Gasteiger partial charge < -0.3 is 5.32 Å². The van der Waals surface area contributed by atoms with Crippen molar-refractivity contribution in [1.29, 1.82) is 0 Å². The van der Waals surface area contributed by atoms with Crippen LogP contribution in [0.15, 0.2) is 54.7 Å². The lowest BCUT2D eigenvalue weighted by atomic mass is 10.2. The lowest BCUT2D eigenvalue weighted by Crippen LogP contribution is -2.25. The fraction of sp³-hybridized carbons (Fsp3) is 0.150. The zero-order valence-corrected chi connectivity index (χ0v) is 16.4. The quantitative estimate of drug-likeness (QED) is 0.507. The van der Waals surface area contributed by atoms with Crippen molar-refractivity contribution in [2.24, 2.45) is 0 Å². The van der Waals surface area contributed by atoms with E-state index < -0.39 is 6.04 Å². The van der Waals surface area contributed by atoms with Crippen molar-refractivity contribution in [3.8, 4) is 10.6 Å². The predicted octanol–water partition coefficient (Wildman–Crippen LogP) is 5.32. The first kappa shape index (κ1) is 17.7. The summed E-state index contributed by atoms with van der Waals surface area (Å²) >= 11 is 7.98. The highest BCUT2D eigenvalue weighted by Crippen LogP contribution is 2.36. The summed E-state index contributed by atoms with van der Waals surface area (Å²) in [6.07, 6.45) is 1.69. The van der Waals surface area contributed by atoms with Crippen molar-refractivity contribution in [2.45, 2.75) is 19.9 Å². The second kappa shape index (κ2) is 7.13. The number of hydrogen-bond acceptors (Lipinski definition) is 4. The second-order valence-electron chi connectivity index (χ2n) is 6.26. The van der Waals surface area contributed by atoms with E-state index in [4.69, 9.17) is 11.6 Å². The van der Waals surface area contributed by atoms with Gasteiger partial charge in [0.15, 0.2) is 0 Å². The maximum atomic E-state index is 12.6. The Labute approximate surface area is 165 Å². The number of carbonyl (C=O) groups excluding carboxylic acids is 1. The Hall–Kier alpha value is -2.70. The third-order valence-corrected chi connectivity index (χ3v) is 5.77. The molecule has 0 radical (unpaired) electrons. The van der Waals surface area contributed by atoms with Gasteiger partial charge in [-0.15, -0.1) is 11.3 Å². The largest absolute Gasteiger partial charge is 0.324 e. The van der Waals surface area contributed by atoms with Crippen LogP contribution >= 0.6 is 22.9 Å². The number of anilines is 1. The Morgan fingerprint density at radius 2 is 2.04 bits per heavy atom. The van der Waals surface area contributed by atoms with E-state index in [1.165, 1.54) is 0 Å². The van der Waals surface area contributed by atoms with Crippen molar-refractivity contribution >= 4 is 44.7 Å². The number of nitrogens with one attached hydrogen (secondary N) is 1. The van der Waals surface area contributed by atoms with Gasteiger partial charge in [0, 0.05) is 23.1 Å². The number of thiazole rings is 1. The van der Waals surface area contributed by atoms with Gasteiger partial charge in [-0.05, 0) is 50.2 Å². The number of rotatable bonds is 4. The summed E-state index contributed by atoms with van der Waals surface area (Å²) in [5.74, 6) is -0.139. The third-order valence-electron chi connectivity index (χ3n) is 4.37. The van der Waals surface area contributed by atoms with Gasteiger partial charge in [-0.3, -0.25) is 9.48 Å². The molecule has 2 aromatic heterocycles. The van der Waals surface area contributed by atoms with E-state index in [0.717, 1.165) is 26.5 Å². The summed E-state index contributed by atoms with van der Waals surface area (Å²) in [5.41, 5.74) is 3.35. The first-order valence-corrected chi connectivity index (χ1v) is 9.69. The SMILES string of the molecule is Cc1ccnn1[C@@H](C)C(=O)Nc1ccc(Cl)c(-c2nc3ccccc3s2)c1. The molecule has 0 aliphatic carbocycles. The lowest BCUT2D eigenvalue weighted by molar-refractivity contribution is -0.119. The van der Waals surface area contributed by atoms with Crippen molar-refractivity contribution in [3.05, 3.63) is 65.4 Å². The summed E-state index contributed by atoms with van der Waals surface area (Å²) in [4.78, 5) is 17.3. The molecule has 1 atom stereocenters. The van der Waals surface area contributed by atoms with Gasteiger partial charge in [0.1, 0.15) is 11.0 Å². The number of halogens is 1. The smallest absolute Gasteiger partial charge is 0.248 e. The molecule has 0 bridgehead atoms. The van der Waals surface area contributed by atoms with Crippen LogP contribution in [0.1, 0.15) is 18.7 Å². The summed E-state index contributed by atoms with van der Waals surface area (Å²) < 4.78 is 2.79. The summed E-state index contributed by atoms with van der Waals surface area (Å²) in [5, 5.41) is 8.58. The number of fused-ring (bicyclic) bond motifs is 1. The molecule has 4 rings (SSSR count). The molecule has 0 saturated carbocycles. The first-order valence-electron chi connectivity index (χ1n) is 8.49. The standard InChI is InChI=1S/C20H17ClN4OS/c1-12-9-10-22-25(12)13(2)19(26)23-14-7-8-16(21)15(11-14)20-24-17-5-3-4-6-18(17)27-20/h3-11,13H,1-2H3,(H,23,26)/t13-/m0/s1. The number of carbonyl (C=O) groups is 1. The van der Waals surface area contributed by atoms with E-state index >= 15 is 0 Å². The fourth-order valence-electron chi connectivity index (χ4n) is 2.90. The van der Waals surface area contributed by atoms with Crippen LogP contribution < -0.4 is 5.32 Å². The number of aromatic nitrogens is 3. The van der Waals surface area contributed by atoms with Crippen LogP contribution in [0.5, 0.6) is 0 Å². The number of aryl methyl sites for hydroxylation is 1. The molecule has 0 aliphatic heterocycles. The highest BCUT2D eigenvalue weighted by Gasteiger charge is 2.18. The van der Waals surface area contributed by atoms with Crippen LogP contribution in [-0.4, -0.2) is 20.7 Å². The number of hydrogen-bond donors (Lipinski definition) is 1. The average Bonchev–Trinajstić information content (AvgIpc) is 3.28. The van der Waals surface area contributed by atoms with Crippen molar-refractivity contribution < 1.29 is 4.79 Å². The monoisotopic (exact) mass is 396 g/mol. The van der Waals surface area contributed by atoms with E-state index in [9.17, 15) is 4.79 Å². The van der Waals surface area contributed by atoms with Gasteiger partial charge in [-0.1, -0.05) is 23.7 Å². The highest BCUT2D eigenvalue weighted by atomic mass is 35.5. The number of amides is 1. The molecule has 27 heavy (non-hydrogen) atoms. The Kier molecular flexibility index (Phi) is 4.68. The van der Waals surface area contributed by atoms with E-state index in [1.807, 2.05) is 50.2 Å².